The number of esters is 1. The first kappa shape index (κ1) is 75.6. The minimum atomic E-state index is -0.841. The lowest BCUT2D eigenvalue weighted by molar-refractivity contribution is -0.143. The van der Waals surface area contributed by atoms with Crippen LogP contribution in [0.3, 0.4) is 0 Å². The molecular weight excluding hydrogens is 947 g/mol. The van der Waals surface area contributed by atoms with E-state index in [0.29, 0.717) is 19.4 Å². The fourth-order valence-corrected chi connectivity index (χ4v) is 11.4. The Morgan fingerprint density at radius 3 is 0.883 bits per heavy atom. The smallest absolute Gasteiger partial charge is 0.305 e. The van der Waals surface area contributed by atoms with Crippen molar-refractivity contribution in [3.63, 3.8) is 0 Å². The van der Waals surface area contributed by atoms with Crippen molar-refractivity contribution in [3.8, 4) is 0 Å². The molecule has 0 fully saturated rings. The lowest BCUT2D eigenvalue weighted by Gasteiger charge is -2.20. The number of allylic oxidation sites excluding steroid dienone is 1. The number of hydrogen-bond acceptors (Lipinski definition) is 5. The van der Waals surface area contributed by atoms with Crippen molar-refractivity contribution < 1.29 is 24.5 Å². The van der Waals surface area contributed by atoms with E-state index in [1.165, 1.54) is 340 Å². The van der Waals surface area contributed by atoms with Crippen molar-refractivity contribution in [3.05, 3.63) is 12.2 Å². The van der Waals surface area contributed by atoms with Gasteiger partial charge in [0.25, 0.3) is 0 Å². The Hall–Kier alpha value is -1.40. The second-order valence-corrected chi connectivity index (χ2v) is 24.6. The Labute approximate surface area is 482 Å². The van der Waals surface area contributed by atoms with E-state index in [1.54, 1.807) is 6.08 Å². The largest absolute Gasteiger partial charge is 0.466 e. The van der Waals surface area contributed by atoms with Crippen LogP contribution in [0.2, 0.25) is 0 Å². The van der Waals surface area contributed by atoms with Gasteiger partial charge < -0.3 is 20.3 Å². The van der Waals surface area contributed by atoms with E-state index in [9.17, 15) is 19.8 Å². The fraction of sp³-hybridized carbons (Fsp3) is 0.944. The predicted octanol–water partition coefficient (Wildman–Crippen LogP) is 22.8. The van der Waals surface area contributed by atoms with Crippen LogP contribution >= 0.6 is 0 Å². The average Bonchev–Trinajstić information content (AvgIpc) is 3.43. The van der Waals surface area contributed by atoms with Crippen LogP contribution in [0, 0.1) is 0 Å². The standard InChI is InChI=1S/C71H139NO5/c1-3-5-7-9-11-13-15-17-19-33-37-41-45-49-53-57-61-65-71(76)77-66-62-58-54-50-46-42-38-35-32-30-28-26-24-22-20-21-23-25-27-29-31-34-36-40-44-48-52-56-60-64-70(75)72-68(67-73)69(74)63-59-55-51-47-43-39-18-16-14-12-10-8-6-4-2/h59,63,68-69,73-74H,3-58,60-62,64-67H2,1-2H3,(H,72,75)/b63-59+. The molecule has 0 bridgehead atoms. The van der Waals surface area contributed by atoms with Crippen molar-refractivity contribution in [2.45, 2.75) is 418 Å². The van der Waals surface area contributed by atoms with E-state index in [0.717, 1.165) is 38.5 Å². The van der Waals surface area contributed by atoms with Crippen LogP contribution in [0.15, 0.2) is 12.2 Å². The minimum absolute atomic E-state index is 0.0240. The molecule has 0 saturated heterocycles. The number of carbonyl (C=O) groups excluding carboxylic acids is 2. The Kier molecular flexibility index (Phi) is 65.9. The summed E-state index contributed by atoms with van der Waals surface area (Å²) < 4.78 is 5.51. The topological polar surface area (TPSA) is 95.9 Å². The highest BCUT2D eigenvalue weighted by molar-refractivity contribution is 5.76. The van der Waals surface area contributed by atoms with Crippen LogP contribution in [0.1, 0.15) is 406 Å². The van der Waals surface area contributed by atoms with Crippen LogP contribution in [-0.4, -0.2) is 47.4 Å². The Bertz CT molecular complexity index is 1160. The van der Waals surface area contributed by atoms with Gasteiger partial charge in [0, 0.05) is 12.8 Å². The zero-order chi connectivity index (χ0) is 55.7. The molecule has 77 heavy (non-hydrogen) atoms. The molecule has 6 heteroatoms. The summed E-state index contributed by atoms with van der Waals surface area (Å²) in [5.74, 6) is -0.0379. The Morgan fingerprint density at radius 1 is 0.351 bits per heavy atom. The summed E-state index contributed by atoms with van der Waals surface area (Å²) in [6.07, 6.45) is 83.0. The predicted molar refractivity (Wildman–Crippen MR) is 338 cm³/mol. The van der Waals surface area contributed by atoms with Crippen molar-refractivity contribution in [2.24, 2.45) is 0 Å². The van der Waals surface area contributed by atoms with E-state index in [1.807, 2.05) is 6.08 Å². The normalized spacial score (nSPS) is 12.5. The molecule has 0 spiro atoms. The molecule has 3 N–H and O–H groups in total. The van der Waals surface area contributed by atoms with Gasteiger partial charge in [-0.05, 0) is 32.1 Å². The maximum Gasteiger partial charge on any atom is 0.305 e. The third kappa shape index (κ3) is 63.6. The highest BCUT2D eigenvalue weighted by Gasteiger charge is 2.18. The van der Waals surface area contributed by atoms with Crippen LogP contribution in [0.5, 0.6) is 0 Å². The molecule has 0 radical (unpaired) electrons. The third-order valence-corrected chi connectivity index (χ3v) is 16.8. The lowest BCUT2D eigenvalue weighted by atomic mass is 10.0. The first-order chi connectivity index (χ1) is 38.0. The number of aliphatic hydroxyl groups excluding tert-OH is 2. The van der Waals surface area contributed by atoms with Crippen molar-refractivity contribution in [2.75, 3.05) is 13.2 Å². The van der Waals surface area contributed by atoms with Crippen LogP contribution < -0.4 is 5.32 Å². The van der Waals surface area contributed by atoms with Crippen molar-refractivity contribution in [1.82, 2.24) is 5.32 Å². The SMILES string of the molecule is CCCCCCCCCCCCCC/C=C/C(O)C(CO)NC(=O)CCCCCCCCCCCCCCCCCCCCCCCCCCCCCCCOC(=O)CCCCCCCCCCCCCCCCCCC. The summed E-state index contributed by atoms with van der Waals surface area (Å²) in [5, 5.41) is 23.1. The molecule has 1 amide bonds. The summed E-state index contributed by atoms with van der Waals surface area (Å²) >= 11 is 0. The summed E-state index contributed by atoms with van der Waals surface area (Å²) in [6, 6.07) is -0.624. The van der Waals surface area contributed by atoms with Gasteiger partial charge in [-0.2, -0.15) is 0 Å². The van der Waals surface area contributed by atoms with Gasteiger partial charge in [-0.15, -0.1) is 0 Å². The molecule has 6 nitrogen and oxygen atoms in total. The van der Waals surface area contributed by atoms with Crippen LogP contribution in [0.4, 0.5) is 0 Å². The summed E-state index contributed by atoms with van der Waals surface area (Å²) in [6.45, 7) is 4.95. The Morgan fingerprint density at radius 2 is 0.597 bits per heavy atom. The highest BCUT2D eigenvalue weighted by atomic mass is 16.5. The van der Waals surface area contributed by atoms with Gasteiger partial charge in [-0.3, -0.25) is 9.59 Å². The molecule has 0 aromatic rings. The quantitative estimate of drug-likeness (QED) is 0.0320. The molecule has 0 heterocycles. The number of hydrogen-bond donors (Lipinski definition) is 3. The maximum absolute atomic E-state index is 12.5. The molecule has 0 aromatic heterocycles. The zero-order valence-electron chi connectivity index (χ0n) is 52.5. The molecule has 0 saturated carbocycles. The lowest BCUT2D eigenvalue weighted by Crippen LogP contribution is -2.45. The number of nitrogens with one attached hydrogen (secondary N) is 1. The van der Waals surface area contributed by atoms with Gasteiger partial charge >= 0.3 is 5.97 Å². The van der Waals surface area contributed by atoms with Gasteiger partial charge in [0.05, 0.1) is 25.4 Å². The van der Waals surface area contributed by atoms with Crippen LogP contribution in [0.25, 0.3) is 0 Å². The van der Waals surface area contributed by atoms with Gasteiger partial charge in [0.15, 0.2) is 0 Å². The van der Waals surface area contributed by atoms with Crippen LogP contribution in [-0.2, 0) is 14.3 Å². The average molecular weight is 1090 g/mol. The monoisotopic (exact) mass is 1090 g/mol. The molecule has 0 aliphatic carbocycles. The number of rotatable bonds is 67. The molecule has 2 atom stereocenters. The fourth-order valence-electron chi connectivity index (χ4n) is 11.4. The molecule has 2 unspecified atom stereocenters. The number of carbonyl (C=O) groups is 2. The van der Waals surface area contributed by atoms with Gasteiger partial charge in [-0.25, -0.2) is 0 Å². The summed E-state index contributed by atoms with van der Waals surface area (Å²) in [5.41, 5.74) is 0. The highest BCUT2D eigenvalue weighted by Crippen LogP contribution is 2.19. The van der Waals surface area contributed by atoms with Gasteiger partial charge in [-0.1, -0.05) is 373 Å². The molecule has 458 valence electrons. The molecule has 0 rings (SSSR count). The van der Waals surface area contributed by atoms with E-state index in [2.05, 4.69) is 19.2 Å². The van der Waals surface area contributed by atoms with Gasteiger partial charge in [0.2, 0.25) is 5.91 Å². The third-order valence-electron chi connectivity index (χ3n) is 16.8. The minimum Gasteiger partial charge on any atom is -0.466 e. The second-order valence-electron chi connectivity index (χ2n) is 24.6. The summed E-state index contributed by atoms with van der Waals surface area (Å²) in [4.78, 5) is 24.6. The number of aliphatic hydroxyl groups is 2. The first-order valence-corrected chi connectivity index (χ1v) is 35.5. The Balaban J connectivity index is 3.32. The number of unbranched alkanes of at least 4 members (excludes halogenated alkanes) is 56. The van der Waals surface area contributed by atoms with Crippen molar-refractivity contribution >= 4 is 11.9 Å². The summed E-state index contributed by atoms with van der Waals surface area (Å²) in [7, 11) is 0. The number of amides is 1. The van der Waals surface area contributed by atoms with Crippen molar-refractivity contribution in [1.29, 1.82) is 0 Å². The maximum atomic E-state index is 12.5. The molecular formula is C71H139NO5. The van der Waals surface area contributed by atoms with Gasteiger partial charge in [0.1, 0.15) is 0 Å². The molecule has 0 aliphatic heterocycles. The number of ether oxygens (including phenoxy) is 1. The zero-order valence-corrected chi connectivity index (χ0v) is 52.5. The molecule has 0 aliphatic rings. The van der Waals surface area contributed by atoms with E-state index >= 15 is 0 Å². The first-order valence-electron chi connectivity index (χ1n) is 35.5. The van der Waals surface area contributed by atoms with E-state index < -0.39 is 12.1 Å². The van der Waals surface area contributed by atoms with E-state index in [4.69, 9.17) is 4.74 Å². The molecule has 0 aromatic carbocycles. The second kappa shape index (κ2) is 67.1. The van der Waals surface area contributed by atoms with E-state index in [-0.39, 0.29) is 18.5 Å².